The Kier molecular flexibility index (Phi) is 3.88. The molecule has 0 aromatic carbocycles. The molecular weight excluding hydrogens is 224 g/mol. The number of carbonyl (C=O) groups is 1. The van der Waals surface area contributed by atoms with Crippen molar-refractivity contribution in [3.63, 3.8) is 0 Å². The van der Waals surface area contributed by atoms with Crippen LogP contribution in [0.3, 0.4) is 0 Å². The number of nitrogens with zero attached hydrogens (tertiary/aromatic N) is 2. The Bertz CT molecular complexity index is 294. The van der Waals surface area contributed by atoms with E-state index in [1.807, 2.05) is 0 Å². The molecule has 0 N–H and O–H groups in total. The Morgan fingerprint density at radius 1 is 0.889 bits per heavy atom. The molecule has 3 aliphatic rings. The average molecular weight is 250 g/mol. The fourth-order valence-corrected chi connectivity index (χ4v) is 4.36. The lowest BCUT2D eigenvalue weighted by molar-refractivity contribution is -0.123. The second-order valence-electron chi connectivity index (χ2n) is 6.39. The van der Waals surface area contributed by atoms with Gasteiger partial charge >= 0.3 is 0 Å². The van der Waals surface area contributed by atoms with Gasteiger partial charge in [0.1, 0.15) is 0 Å². The van der Waals surface area contributed by atoms with Gasteiger partial charge in [-0.05, 0) is 57.4 Å². The highest BCUT2D eigenvalue weighted by Crippen LogP contribution is 2.34. The van der Waals surface area contributed by atoms with Gasteiger partial charge in [-0.25, -0.2) is 0 Å². The molecule has 3 fully saturated rings. The normalized spacial score (nSPS) is 38.2. The number of hydrogen-bond acceptors (Lipinski definition) is 2. The highest BCUT2D eigenvalue weighted by atomic mass is 16.1. The van der Waals surface area contributed by atoms with Gasteiger partial charge < -0.3 is 9.80 Å². The summed E-state index contributed by atoms with van der Waals surface area (Å²) in [6, 6.07) is 1.40. The number of carbonyl (C=O) groups excluding carboxylic acids is 1. The summed E-state index contributed by atoms with van der Waals surface area (Å²) in [6.45, 7) is 3.54. The van der Waals surface area contributed by atoms with E-state index in [2.05, 4.69) is 9.80 Å². The van der Waals surface area contributed by atoms with Crippen LogP contribution >= 0.6 is 0 Å². The summed E-state index contributed by atoms with van der Waals surface area (Å²) in [5.74, 6) is 0.741. The SMILES string of the molecule is O=CN1CCCCC1C1CCC2CCCCN2C1. The molecule has 3 aliphatic heterocycles. The first-order valence-corrected chi connectivity index (χ1v) is 7.83. The Labute approximate surface area is 111 Å². The van der Waals surface area contributed by atoms with Gasteiger partial charge in [0.05, 0.1) is 0 Å². The van der Waals surface area contributed by atoms with E-state index in [-0.39, 0.29) is 0 Å². The molecule has 0 aromatic heterocycles. The maximum atomic E-state index is 11.2. The summed E-state index contributed by atoms with van der Waals surface area (Å²) in [5, 5.41) is 0. The van der Waals surface area contributed by atoms with Crippen LogP contribution < -0.4 is 0 Å². The summed E-state index contributed by atoms with van der Waals surface area (Å²) < 4.78 is 0. The smallest absolute Gasteiger partial charge is 0.209 e. The molecule has 3 atom stereocenters. The Morgan fingerprint density at radius 3 is 2.61 bits per heavy atom. The first kappa shape index (κ1) is 12.5. The highest BCUT2D eigenvalue weighted by molar-refractivity contribution is 5.48. The molecule has 3 heteroatoms. The predicted octanol–water partition coefficient (Wildman–Crippen LogP) is 2.26. The summed E-state index contributed by atoms with van der Waals surface area (Å²) in [4.78, 5) is 16.0. The number of hydrogen-bond donors (Lipinski definition) is 0. The number of amides is 1. The van der Waals surface area contributed by atoms with Crippen LogP contribution in [-0.2, 0) is 4.79 Å². The molecule has 0 spiro atoms. The van der Waals surface area contributed by atoms with Gasteiger partial charge in [-0.15, -0.1) is 0 Å². The fraction of sp³-hybridized carbons (Fsp3) is 0.933. The molecular formula is C15H26N2O. The monoisotopic (exact) mass is 250 g/mol. The lowest BCUT2D eigenvalue weighted by Gasteiger charge is -2.47. The summed E-state index contributed by atoms with van der Waals surface area (Å²) >= 11 is 0. The summed E-state index contributed by atoms with van der Waals surface area (Å²) in [6.07, 6.45) is 11.8. The maximum Gasteiger partial charge on any atom is 0.209 e. The molecule has 0 saturated carbocycles. The first-order valence-electron chi connectivity index (χ1n) is 7.83. The predicted molar refractivity (Wildman–Crippen MR) is 72.3 cm³/mol. The number of piperidine rings is 3. The summed E-state index contributed by atoms with van der Waals surface area (Å²) in [5.41, 5.74) is 0. The van der Waals surface area contributed by atoms with Crippen molar-refractivity contribution >= 4 is 6.41 Å². The molecule has 3 heterocycles. The summed E-state index contributed by atoms with van der Waals surface area (Å²) in [7, 11) is 0. The minimum Gasteiger partial charge on any atom is -0.342 e. The molecule has 0 bridgehead atoms. The Morgan fingerprint density at radius 2 is 1.72 bits per heavy atom. The largest absolute Gasteiger partial charge is 0.342 e. The lowest BCUT2D eigenvalue weighted by atomic mass is 9.81. The second kappa shape index (κ2) is 5.60. The molecule has 3 nitrogen and oxygen atoms in total. The molecule has 0 aromatic rings. The van der Waals surface area contributed by atoms with Gasteiger partial charge in [0.15, 0.2) is 0 Å². The van der Waals surface area contributed by atoms with Gasteiger partial charge in [-0.1, -0.05) is 6.42 Å². The van der Waals surface area contributed by atoms with Crippen LogP contribution in [0.1, 0.15) is 51.4 Å². The van der Waals surface area contributed by atoms with Gasteiger partial charge in [0, 0.05) is 25.2 Å². The van der Waals surface area contributed by atoms with Crippen LogP contribution in [0.4, 0.5) is 0 Å². The number of fused-ring (bicyclic) bond motifs is 1. The van der Waals surface area contributed by atoms with Crippen molar-refractivity contribution in [3.05, 3.63) is 0 Å². The van der Waals surface area contributed by atoms with Gasteiger partial charge in [-0.3, -0.25) is 4.79 Å². The molecule has 3 saturated heterocycles. The number of rotatable bonds is 2. The molecule has 3 unspecified atom stereocenters. The Hall–Kier alpha value is -0.570. The van der Waals surface area contributed by atoms with Crippen LogP contribution in [-0.4, -0.2) is 47.9 Å². The molecule has 18 heavy (non-hydrogen) atoms. The zero-order chi connectivity index (χ0) is 12.4. The van der Waals surface area contributed by atoms with E-state index >= 15 is 0 Å². The van der Waals surface area contributed by atoms with Crippen molar-refractivity contribution in [2.45, 2.75) is 63.5 Å². The second-order valence-corrected chi connectivity index (χ2v) is 6.39. The minimum absolute atomic E-state index is 0.541. The fourth-order valence-electron chi connectivity index (χ4n) is 4.36. The third-order valence-electron chi connectivity index (χ3n) is 5.36. The van der Waals surface area contributed by atoms with Gasteiger partial charge in [0.25, 0.3) is 0 Å². The first-order chi connectivity index (χ1) is 8.88. The Balaban J connectivity index is 1.63. The van der Waals surface area contributed by atoms with E-state index in [1.165, 1.54) is 64.5 Å². The molecule has 0 aliphatic carbocycles. The van der Waals surface area contributed by atoms with Gasteiger partial charge in [-0.2, -0.15) is 0 Å². The zero-order valence-electron chi connectivity index (χ0n) is 11.4. The van der Waals surface area contributed by atoms with Gasteiger partial charge in [0.2, 0.25) is 6.41 Å². The standard InChI is InChI=1S/C15H26N2O/c18-12-17-10-4-2-6-15(17)13-7-8-14-5-1-3-9-16(14)11-13/h12-15H,1-11H2. The van der Waals surface area contributed by atoms with Crippen LogP contribution in [0.25, 0.3) is 0 Å². The minimum atomic E-state index is 0.541. The van der Waals surface area contributed by atoms with Crippen molar-refractivity contribution < 1.29 is 4.79 Å². The molecule has 102 valence electrons. The third kappa shape index (κ3) is 2.42. The van der Waals surface area contributed by atoms with Crippen molar-refractivity contribution in [1.82, 2.24) is 9.80 Å². The highest BCUT2D eigenvalue weighted by Gasteiger charge is 2.36. The van der Waals surface area contributed by atoms with Crippen LogP contribution in [0.15, 0.2) is 0 Å². The number of likely N-dealkylation sites (tertiary alicyclic amines) is 1. The van der Waals surface area contributed by atoms with Crippen LogP contribution in [0, 0.1) is 5.92 Å². The maximum absolute atomic E-state index is 11.2. The van der Waals surface area contributed by atoms with Crippen molar-refractivity contribution in [2.24, 2.45) is 5.92 Å². The molecule has 1 amide bonds. The van der Waals surface area contributed by atoms with Crippen molar-refractivity contribution in [2.75, 3.05) is 19.6 Å². The third-order valence-corrected chi connectivity index (χ3v) is 5.36. The van der Waals surface area contributed by atoms with E-state index in [1.54, 1.807) is 0 Å². The van der Waals surface area contributed by atoms with Crippen molar-refractivity contribution in [1.29, 1.82) is 0 Å². The zero-order valence-corrected chi connectivity index (χ0v) is 11.4. The molecule has 0 radical (unpaired) electrons. The van der Waals surface area contributed by atoms with E-state index in [9.17, 15) is 4.79 Å². The average Bonchev–Trinajstić information content (AvgIpc) is 2.46. The van der Waals surface area contributed by atoms with E-state index < -0.39 is 0 Å². The van der Waals surface area contributed by atoms with E-state index in [0.717, 1.165) is 24.9 Å². The van der Waals surface area contributed by atoms with Crippen LogP contribution in [0.2, 0.25) is 0 Å². The molecule has 3 rings (SSSR count). The van der Waals surface area contributed by atoms with Crippen LogP contribution in [0.5, 0.6) is 0 Å². The quantitative estimate of drug-likeness (QED) is 0.702. The van der Waals surface area contributed by atoms with E-state index in [4.69, 9.17) is 0 Å². The van der Waals surface area contributed by atoms with Crippen molar-refractivity contribution in [3.8, 4) is 0 Å². The van der Waals surface area contributed by atoms with E-state index in [0.29, 0.717) is 6.04 Å². The lowest BCUT2D eigenvalue weighted by Crippen LogP contribution is -2.53. The topological polar surface area (TPSA) is 23.6 Å².